The SMILES string of the molecule is O=C(O)N1Cc2cc(Cl)c(N3C4CCC3COC4)cc2C1. The second kappa shape index (κ2) is 4.78. The molecular formula is C15H17ClN2O3. The summed E-state index contributed by atoms with van der Waals surface area (Å²) in [7, 11) is 0. The Kier molecular flexibility index (Phi) is 3.01. The van der Waals surface area contributed by atoms with Crippen molar-refractivity contribution in [1.82, 2.24) is 4.90 Å². The summed E-state index contributed by atoms with van der Waals surface area (Å²) in [4.78, 5) is 14.9. The van der Waals surface area contributed by atoms with Crippen molar-refractivity contribution in [3.8, 4) is 0 Å². The van der Waals surface area contributed by atoms with Crippen LogP contribution in [-0.4, -0.2) is 41.4 Å². The van der Waals surface area contributed by atoms with Crippen molar-refractivity contribution in [1.29, 1.82) is 0 Å². The number of nitrogens with zero attached hydrogens (tertiary/aromatic N) is 2. The van der Waals surface area contributed by atoms with E-state index in [4.69, 9.17) is 21.4 Å². The maximum absolute atomic E-state index is 11.1. The summed E-state index contributed by atoms with van der Waals surface area (Å²) in [6, 6.07) is 4.81. The van der Waals surface area contributed by atoms with E-state index in [1.165, 1.54) is 4.90 Å². The molecule has 112 valence electrons. The number of anilines is 1. The van der Waals surface area contributed by atoms with Crippen LogP contribution in [0.5, 0.6) is 0 Å². The van der Waals surface area contributed by atoms with Gasteiger partial charge in [0.05, 0.1) is 36.0 Å². The van der Waals surface area contributed by atoms with Gasteiger partial charge >= 0.3 is 6.09 Å². The molecule has 21 heavy (non-hydrogen) atoms. The molecule has 0 saturated carbocycles. The summed E-state index contributed by atoms with van der Waals surface area (Å²) < 4.78 is 5.62. The molecule has 2 fully saturated rings. The second-order valence-corrected chi connectivity index (χ2v) is 6.45. The van der Waals surface area contributed by atoms with Gasteiger partial charge in [0.2, 0.25) is 0 Å². The highest BCUT2D eigenvalue weighted by molar-refractivity contribution is 6.33. The number of carbonyl (C=O) groups is 1. The third-order valence-corrected chi connectivity index (χ3v) is 5.08. The quantitative estimate of drug-likeness (QED) is 0.866. The summed E-state index contributed by atoms with van der Waals surface area (Å²) in [6.07, 6.45) is 1.40. The maximum atomic E-state index is 11.1. The van der Waals surface area contributed by atoms with Crippen molar-refractivity contribution in [2.24, 2.45) is 0 Å². The lowest BCUT2D eigenvalue weighted by atomic mass is 10.1. The number of hydrogen-bond donors (Lipinski definition) is 1. The van der Waals surface area contributed by atoms with Gasteiger partial charge in [-0.25, -0.2) is 4.79 Å². The minimum atomic E-state index is -0.879. The van der Waals surface area contributed by atoms with E-state index in [9.17, 15) is 4.79 Å². The first-order chi connectivity index (χ1) is 10.1. The third-order valence-electron chi connectivity index (χ3n) is 4.78. The van der Waals surface area contributed by atoms with E-state index in [1.54, 1.807) is 0 Å². The molecule has 6 heteroatoms. The maximum Gasteiger partial charge on any atom is 0.407 e. The molecular weight excluding hydrogens is 292 g/mol. The van der Waals surface area contributed by atoms with E-state index in [2.05, 4.69) is 11.0 Å². The highest BCUT2D eigenvalue weighted by Crippen LogP contribution is 2.40. The molecule has 2 bridgehead atoms. The number of morpholine rings is 1. The van der Waals surface area contributed by atoms with Crippen LogP contribution in [0.1, 0.15) is 24.0 Å². The number of fused-ring (bicyclic) bond motifs is 3. The summed E-state index contributed by atoms with van der Waals surface area (Å²) in [5, 5.41) is 9.85. The smallest absolute Gasteiger partial charge is 0.407 e. The molecule has 3 aliphatic rings. The van der Waals surface area contributed by atoms with Crippen molar-refractivity contribution >= 4 is 23.4 Å². The van der Waals surface area contributed by atoms with Crippen LogP contribution in [-0.2, 0) is 17.8 Å². The Labute approximate surface area is 128 Å². The molecule has 3 heterocycles. The van der Waals surface area contributed by atoms with E-state index in [0.717, 1.165) is 47.9 Å². The lowest BCUT2D eigenvalue weighted by molar-refractivity contribution is 0.0906. The molecule has 5 nitrogen and oxygen atoms in total. The van der Waals surface area contributed by atoms with Gasteiger partial charge in [-0.3, -0.25) is 4.90 Å². The van der Waals surface area contributed by atoms with Gasteiger partial charge in [0.15, 0.2) is 0 Å². The molecule has 2 saturated heterocycles. The number of amides is 1. The fourth-order valence-corrected chi connectivity index (χ4v) is 4.05. The van der Waals surface area contributed by atoms with E-state index in [1.807, 2.05) is 6.07 Å². The second-order valence-electron chi connectivity index (χ2n) is 6.04. The Bertz CT molecular complexity index is 591. The lowest BCUT2D eigenvalue weighted by Crippen LogP contribution is -2.46. The molecule has 4 rings (SSSR count). The average molecular weight is 309 g/mol. The first kappa shape index (κ1) is 13.2. The van der Waals surface area contributed by atoms with Crippen LogP contribution >= 0.6 is 11.6 Å². The molecule has 2 atom stereocenters. The third kappa shape index (κ3) is 2.07. The minimum absolute atomic E-state index is 0.399. The zero-order chi connectivity index (χ0) is 14.6. The average Bonchev–Trinajstić information content (AvgIpc) is 2.96. The first-order valence-electron chi connectivity index (χ1n) is 7.28. The van der Waals surface area contributed by atoms with Crippen LogP contribution < -0.4 is 4.90 Å². The predicted octanol–water partition coefficient (Wildman–Crippen LogP) is 2.70. The highest BCUT2D eigenvalue weighted by Gasteiger charge is 2.39. The number of hydrogen-bond acceptors (Lipinski definition) is 3. The number of rotatable bonds is 1. The Morgan fingerprint density at radius 1 is 1.19 bits per heavy atom. The van der Waals surface area contributed by atoms with E-state index >= 15 is 0 Å². The van der Waals surface area contributed by atoms with E-state index in [0.29, 0.717) is 25.2 Å². The molecule has 1 aromatic carbocycles. The Balaban J connectivity index is 1.69. The van der Waals surface area contributed by atoms with Crippen molar-refractivity contribution < 1.29 is 14.6 Å². The molecule has 0 radical (unpaired) electrons. The lowest BCUT2D eigenvalue weighted by Gasteiger charge is -2.37. The molecule has 1 N–H and O–H groups in total. The van der Waals surface area contributed by atoms with Crippen LogP contribution in [0.2, 0.25) is 5.02 Å². The molecule has 3 aliphatic heterocycles. The summed E-state index contributed by atoms with van der Waals surface area (Å²) in [5.41, 5.74) is 3.13. The standard InChI is InChI=1S/C15H17ClN2O3/c16-13-3-9-5-17(15(19)20)6-10(9)4-14(13)18-11-1-2-12(18)8-21-7-11/h3-4,11-12H,1-2,5-8H2,(H,19,20). The molecule has 1 amide bonds. The zero-order valence-corrected chi connectivity index (χ0v) is 12.3. The summed E-state index contributed by atoms with van der Waals surface area (Å²) in [5.74, 6) is 0. The van der Waals surface area contributed by atoms with Crippen molar-refractivity contribution in [2.45, 2.75) is 38.0 Å². The van der Waals surface area contributed by atoms with Gasteiger partial charge < -0.3 is 14.7 Å². The van der Waals surface area contributed by atoms with Gasteiger partial charge in [0, 0.05) is 13.1 Å². The molecule has 1 aromatic rings. The van der Waals surface area contributed by atoms with Crippen LogP contribution in [0.4, 0.5) is 10.5 Å². The number of ether oxygens (including phenoxy) is 1. The Morgan fingerprint density at radius 2 is 1.81 bits per heavy atom. The fourth-order valence-electron chi connectivity index (χ4n) is 3.76. The Hall–Kier alpha value is -1.46. The number of carboxylic acid groups (broad SMARTS) is 1. The van der Waals surface area contributed by atoms with Crippen LogP contribution in [0.3, 0.4) is 0 Å². The Morgan fingerprint density at radius 3 is 2.43 bits per heavy atom. The van der Waals surface area contributed by atoms with Gasteiger partial charge in [-0.05, 0) is 36.1 Å². The summed E-state index contributed by atoms with van der Waals surface area (Å²) >= 11 is 6.48. The highest BCUT2D eigenvalue weighted by atomic mass is 35.5. The summed E-state index contributed by atoms with van der Waals surface area (Å²) in [6.45, 7) is 2.39. The number of halogens is 1. The van der Waals surface area contributed by atoms with Crippen molar-refractivity contribution in [3.05, 3.63) is 28.3 Å². The van der Waals surface area contributed by atoms with E-state index < -0.39 is 6.09 Å². The van der Waals surface area contributed by atoms with Gasteiger partial charge in [-0.1, -0.05) is 11.6 Å². The first-order valence-corrected chi connectivity index (χ1v) is 7.66. The molecule has 0 spiro atoms. The topological polar surface area (TPSA) is 53.0 Å². The number of benzene rings is 1. The molecule has 0 aromatic heterocycles. The predicted molar refractivity (Wildman–Crippen MR) is 78.8 cm³/mol. The monoisotopic (exact) mass is 308 g/mol. The van der Waals surface area contributed by atoms with Gasteiger partial charge in [0.1, 0.15) is 0 Å². The van der Waals surface area contributed by atoms with Gasteiger partial charge in [-0.15, -0.1) is 0 Å². The normalized spacial score (nSPS) is 27.1. The fraction of sp³-hybridized carbons (Fsp3) is 0.533. The van der Waals surface area contributed by atoms with E-state index in [-0.39, 0.29) is 0 Å². The van der Waals surface area contributed by atoms with Gasteiger partial charge in [0.25, 0.3) is 0 Å². The van der Waals surface area contributed by atoms with Crippen molar-refractivity contribution in [2.75, 3.05) is 18.1 Å². The van der Waals surface area contributed by atoms with Crippen molar-refractivity contribution in [3.63, 3.8) is 0 Å². The minimum Gasteiger partial charge on any atom is -0.465 e. The molecule has 0 aliphatic carbocycles. The van der Waals surface area contributed by atoms with Crippen LogP contribution in [0, 0.1) is 0 Å². The largest absolute Gasteiger partial charge is 0.465 e. The molecule has 2 unspecified atom stereocenters. The van der Waals surface area contributed by atoms with Crippen LogP contribution in [0.15, 0.2) is 12.1 Å². The zero-order valence-electron chi connectivity index (χ0n) is 11.6. The van der Waals surface area contributed by atoms with Crippen LogP contribution in [0.25, 0.3) is 0 Å². The van der Waals surface area contributed by atoms with Gasteiger partial charge in [-0.2, -0.15) is 0 Å².